The summed E-state index contributed by atoms with van der Waals surface area (Å²) in [6.07, 6.45) is 1.53. The molecule has 0 spiro atoms. The smallest absolute Gasteiger partial charge is 0.223 e. The molecule has 0 amide bonds. The van der Waals surface area contributed by atoms with Crippen LogP contribution in [0.4, 0.5) is 5.95 Å². The summed E-state index contributed by atoms with van der Waals surface area (Å²) in [6, 6.07) is 0. The van der Waals surface area contributed by atoms with Gasteiger partial charge in [-0.2, -0.15) is 0 Å². The van der Waals surface area contributed by atoms with Crippen molar-refractivity contribution in [3.05, 3.63) is 11.2 Å². The van der Waals surface area contributed by atoms with Gasteiger partial charge in [0, 0.05) is 14.1 Å². The third-order valence-corrected chi connectivity index (χ3v) is 3.13. The zero-order valence-corrected chi connectivity index (χ0v) is 10.1. The minimum Gasteiger partial charge on any atom is -0.357 e. The molecule has 2 aromatic rings. The fourth-order valence-electron chi connectivity index (χ4n) is 0.938. The topological polar surface area (TPSA) is 81.4 Å². The summed E-state index contributed by atoms with van der Waals surface area (Å²) in [5.41, 5.74) is 0. The molecule has 7 nitrogen and oxygen atoms in total. The lowest BCUT2D eigenvalue weighted by molar-refractivity contribution is 0.664. The molecule has 2 aromatic heterocycles. The van der Waals surface area contributed by atoms with Gasteiger partial charge in [-0.3, -0.25) is 0 Å². The van der Waals surface area contributed by atoms with Crippen LogP contribution in [0, 0.1) is 0 Å². The summed E-state index contributed by atoms with van der Waals surface area (Å²) in [6.45, 7) is 0. The number of hydrogen-bond acceptors (Lipinski definition) is 7. The van der Waals surface area contributed by atoms with E-state index in [9.17, 15) is 0 Å². The molecule has 0 fully saturated rings. The van der Waals surface area contributed by atoms with Crippen LogP contribution < -0.4 is 5.32 Å². The van der Waals surface area contributed by atoms with E-state index in [0.29, 0.717) is 21.2 Å². The van der Waals surface area contributed by atoms with Crippen molar-refractivity contribution >= 4 is 29.3 Å². The number of aromatic nitrogens is 6. The Morgan fingerprint density at radius 2 is 2.31 bits per heavy atom. The fourth-order valence-corrected chi connectivity index (χ4v) is 1.85. The molecule has 0 saturated heterocycles. The van der Waals surface area contributed by atoms with Gasteiger partial charge in [0.1, 0.15) is 5.03 Å². The van der Waals surface area contributed by atoms with Gasteiger partial charge in [-0.05, 0) is 22.2 Å². The lowest BCUT2D eigenvalue weighted by Crippen LogP contribution is -1.98. The number of nitrogens with one attached hydrogen (secondary N) is 1. The molecule has 9 heteroatoms. The number of hydrogen-bond donors (Lipinski definition) is 1. The second kappa shape index (κ2) is 4.62. The molecule has 84 valence electrons. The van der Waals surface area contributed by atoms with Gasteiger partial charge >= 0.3 is 0 Å². The normalized spacial score (nSPS) is 10.4. The summed E-state index contributed by atoms with van der Waals surface area (Å²) in [5, 5.41) is 15.6. The molecule has 16 heavy (non-hydrogen) atoms. The Labute approximate surface area is 101 Å². The first-order chi connectivity index (χ1) is 7.70. The van der Waals surface area contributed by atoms with E-state index in [1.807, 2.05) is 0 Å². The van der Waals surface area contributed by atoms with Crippen LogP contribution in [-0.2, 0) is 7.05 Å². The summed E-state index contributed by atoms with van der Waals surface area (Å²) in [4.78, 5) is 8.19. The molecule has 2 heterocycles. The average Bonchev–Trinajstić information content (AvgIpc) is 2.68. The number of anilines is 1. The van der Waals surface area contributed by atoms with Gasteiger partial charge in [-0.25, -0.2) is 14.6 Å². The van der Waals surface area contributed by atoms with Crippen LogP contribution in [0.1, 0.15) is 0 Å². The van der Waals surface area contributed by atoms with E-state index in [4.69, 9.17) is 11.6 Å². The highest BCUT2D eigenvalue weighted by Gasteiger charge is 2.11. The maximum absolute atomic E-state index is 5.97. The number of rotatable bonds is 3. The zero-order chi connectivity index (χ0) is 11.5. The van der Waals surface area contributed by atoms with Crippen LogP contribution in [0.25, 0.3) is 0 Å². The fraction of sp³-hybridized carbons (Fsp3) is 0.286. The van der Waals surface area contributed by atoms with E-state index < -0.39 is 0 Å². The molecular formula is C7H8ClN7S. The Balaban J connectivity index is 2.30. The molecule has 0 aromatic carbocycles. The van der Waals surface area contributed by atoms with Crippen molar-refractivity contribution < 1.29 is 0 Å². The Kier molecular flexibility index (Phi) is 3.20. The van der Waals surface area contributed by atoms with Crippen molar-refractivity contribution in [3.8, 4) is 0 Å². The minimum atomic E-state index is 0.465. The van der Waals surface area contributed by atoms with Gasteiger partial charge in [-0.1, -0.05) is 11.6 Å². The van der Waals surface area contributed by atoms with Crippen molar-refractivity contribution in [2.45, 2.75) is 10.2 Å². The highest BCUT2D eigenvalue weighted by Crippen LogP contribution is 2.29. The van der Waals surface area contributed by atoms with Crippen molar-refractivity contribution in [1.82, 2.24) is 30.2 Å². The van der Waals surface area contributed by atoms with Gasteiger partial charge in [0.15, 0.2) is 0 Å². The molecule has 0 radical (unpaired) electrons. The molecule has 0 aliphatic heterocycles. The van der Waals surface area contributed by atoms with Crippen LogP contribution in [0.2, 0.25) is 5.02 Å². The standard InChI is InChI=1S/C7H8ClN7S/c1-9-6-10-3-4(8)5(11-6)16-7-12-13-14-15(7)2/h3H,1-2H3,(H,9,10,11). The molecule has 0 atom stereocenters. The summed E-state index contributed by atoms with van der Waals surface area (Å²) in [7, 11) is 3.48. The Hall–Kier alpha value is -1.41. The summed E-state index contributed by atoms with van der Waals surface area (Å²) < 4.78 is 1.54. The van der Waals surface area contributed by atoms with Crippen molar-refractivity contribution in [2.24, 2.45) is 7.05 Å². The summed E-state index contributed by atoms with van der Waals surface area (Å²) >= 11 is 7.25. The maximum atomic E-state index is 5.97. The monoisotopic (exact) mass is 257 g/mol. The van der Waals surface area contributed by atoms with Gasteiger partial charge in [0.2, 0.25) is 11.1 Å². The van der Waals surface area contributed by atoms with Gasteiger partial charge in [0.25, 0.3) is 0 Å². The van der Waals surface area contributed by atoms with E-state index in [1.54, 1.807) is 18.8 Å². The zero-order valence-electron chi connectivity index (χ0n) is 8.55. The molecule has 1 N–H and O–H groups in total. The van der Waals surface area contributed by atoms with Gasteiger partial charge in [-0.15, -0.1) is 5.10 Å². The highest BCUT2D eigenvalue weighted by atomic mass is 35.5. The van der Waals surface area contributed by atoms with E-state index in [2.05, 4.69) is 30.8 Å². The number of halogens is 1. The van der Waals surface area contributed by atoms with Crippen molar-refractivity contribution in [3.63, 3.8) is 0 Å². The van der Waals surface area contributed by atoms with Crippen LogP contribution in [-0.4, -0.2) is 37.2 Å². The van der Waals surface area contributed by atoms with Crippen LogP contribution in [0.3, 0.4) is 0 Å². The van der Waals surface area contributed by atoms with E-state index in [1.165, 1.54) is 18.0 Å². The van der Waals surface area contributed by atoms with Crippen LogP contribution >= 0.6 is 23.4 Å². The van der Waals surface area contributed by atoms with Crippen LogP contribution in [0.15, 0.2) is 16.4 Å². The van der Waals surface area contributed by atoms with Gasteiger partial charge < -0.3 is 5.32 Å². The molecule has 0 aliphatic rings. The van der Waals surface area contributed by atoms with E-state index in [-0.39, 0.29) is 0 Å². The van der Waals surface area contributed by atoms with E-state index in [0.717, 1.165) is 0 Å². The molecule has 0 aliphatic carbocycles. The van der Waals surface area contributed by atoms with Crippen molar-refractivity contribution in [1.29, 1.82) is 0 Å². The first kappa shape index (κ1) is 11.1. The molecular weight excluding hydrogens is 250 g/mol. The SMILES string of the molecule is CNc1ncc(Cl)c(Sc2nnnn2C)n1. The lowest BCUT2D eigenvalue weighted by Gasteiger charge is -2.03. The maximum Gasteiger partial charge on any atom is 0.223 e. The molecule has 0 bridgehead atoms. The number of nitrogens with zero attached hydrogens (tertiary/aromatic N) is 6. The average molecular weight is 258 g/mol. The van der Waals surface area contributed by atoms with Gasteiger partial charge in [0.05, 0.1) is 11.2 Å². The second-order valence-corrected chi connectivity index (χ2v) is 4.15. The Morgan fingerprint density at radius 1 is 1.50 bits per heavy atom. The third-order valence-electron chi connectivity index (χ3n) is 1.70. The third kappa shape index (κ3) is 2.22. The number of tetrazole rings is 1. The Bertz CT molecular complexity index is 499. The largest absolute Gasteiger partial charge is 0.357 e. The first-order valence-corrected chi connectivity index (χ1v) is 5.50. The highest BCUT2D eigenvalue weighted by molar-refractivity contribution is 7.99. The second-order valence-electron chi connectivity index (χ2n) is 2.78. The van der Waals surface area contributed by atoms with E-state index >= 15 is 0 Å². The predicted molar refractivity (Wildman–Crippen MR) is 59.5 cm³/mol. The molecule has 0 unspecified atom stereocenters. The predicted octanol–water partition coefficient (Wildman–Crippen LogP) is 0.846. The minimum absolute atomic E-state index is 0.465. The summed E-state index contributed by atoms with van der Waals surface area (Å²) in [5.74, 6) is 0.502. The van der Waals surface area contributed by atoms with Crippen LogP contribution in [0.5, 0.6) is 0 Å². The quantitative estimate of drug-likeness (QED) is 0.816. The molecule has 0 saturated carbocycles. The Morgan fingerprint density at radius 3 is 2.94 bits per heavy atom. The number of aryl methyl sites for hydroxylation is 1. The lowest BCUT2D eigenvalue weighted by atomic mass is 10.6. The first-order valence-electron chi connectivity index (χ1n) is 4.31. The molecule has 2 rings (SSSR count). The van der Waals surface area contributed by atoms with Crippen molar-refractivity contribution in [2.75, 3.05) is 12.4 Å².